The van der Waals surface area contributed by atoms with E-state index in [0.717, 1.165) is 28.8 Å². The minimum absolute atomic E-state index is 0.132. The van der Waals surface area contributed by atoms with Crippen molar-refractivity contribution in [1.82, 2.24) is 9.47 Å². The number of amides is 2. The fourth-order valence-electron chi connectivity index (χ4n) is 2.49. The number of benzene rings is 1. The third kappa shape index (κ3) is 3.10. The van der Waals surface area contributed by atoms with E-state index in [9.17, 15) is 9.59 Å². The van der Waals surface area contributed by atoms with Gasteiger partial charge in [-0.05, 0) is 67.6 Å². The van der Waals surface area contributed by atoms with Gasteiger partial charge >= 0.3 is 0 Å². The van der Waals surface area contributed by atoms with Crippen LogP contribution in [0.15, 0.2) is 47.6 Å². The summed E-state index contributed by atoms with van der Waals surface area (Å²) in [7, 11) is 1.63. The second-order valence-corrected chi connectivity index (χ2v) is 6.69. The van der Waals surface area contributed by atoms with E-state index in [1.165, 1.54) is 4.90 Å². The second kappa shape index (κ2) is 6.57. The standard InChI is InChI=1S/C18H18N2O3S/c1-12(2)20-17(21)16(24-18(20)22)10-13-8-9-19(11-13)14-4-6-15(23-3)7-5-14/h4-12H,1-3H3/b16-10+. The van der Waals surface area contributed by atoms with E-state index < -0.39 is 0 Å². The maximum atomic E-state index is 12.3. The number of nitrogens with zero attached hydrogens (tertiary/aromatic N) is 2. The van der Waals surface area contributed by atoms with Crippen molar-refractivity contribution in [2.45, 2.75) is 19.9 Å². The van der Waals surface area contributed by atoms with Gasteiger partial charge in [-0.25, -0.2) is 0 Å². The smallest absolute Gasteiger partial charge is 0.293 e. The topological polar surface area (TPSA) is 51.5 Å². The van der Waals surface area contributed by atoms with Crippen molar-refractivity contribution in [3.8, 4) is 11.4 Å². The summed E-state index contributed by atoms with van der Waals surface area (Å²) in [6.07, 6.45) is 5.60. The Kier molecular flexibility index (Phi) is 4.49. The molecule has 1 aromatic heterocycles. The molecule has 2 heterocycles. The monoisotopic (exact) mass is 342 g/mol. The Labute approximate surface area is 144 Å². The average molecular weight is 342 g/mol. The fraction of sp³-hybridized carbons (Fsp3) is 0.222. The normalized spacial score (nSPS) is 16.5. The molecule has 1 aliphatic heterocycles. The molecule has 5 nitrogen and oxygen atoms in total. The number of hydrogen-bond donors (Lipinski definition) is 0. The number of carbonyl (C=O) groups excluding carboxylic acids is 2. The van der Waals surface area contributed by atoms with Crippen molar-refractivity contribution in [3.05, 3.63) is 53.2 Å². The van der Waals surface area contributed by atoms with Crippen molar-refractivity contribution >= 4 is 29.0 Å². The zero-order valence-corrected chi connectivity index (χ0v) is 14.5. The lowest BCUT2D eigenvalue weighted by Gasteiger charge is -2.16. The van der Waals surface area contributed by atoms with Gasteiger partial charge in [-0.1, -0.05) is 0 Å². The Balaban J connectivity index is 1.83. The van der Waals surface area contributed by atoms with Crippen molar-refractivity contribution in [2.24, 2.45) is 0 Å². The number of rotatable bonds is 4. The molecule has 0 aliphatic carbocycles. The number of methoxy groups -OCH3 is 1. The third-order valence-corrected chi connectivity index (χ3v) is 4.61. The van der Waals surface area contributed by atoms with Gasteiger partial charge in [0.2, 0.25) is 0 Å². The SMILES string of the molecule is COc1ccc(-n2ccc(/C=C3/SC(=O)N(C(C)C)C3=O)c2)cc1. The van der Waals surface area contributed by atoms with Crippen LogP contribution >= 0.6 is 11.8 Å². The largest absolute Gasteiger partial charge is 0.497 e. The molecular formula is C18H18N2O3S. The summed E-state index contributed by atoms with van der Waals surface area (Å²) in [5, 5.41) is -0.212. The fourth-order valence-corrected chi connectivity index (χ4v) is 3.45. The molecule has 1 aliphatic rings. The molecule has 1 fully saturated rings. The Morgan fingerprint density at radius 1 is 1.12 bits per heavy atom. The first kappa shape index (κ1) is 16.4. The van der Waals surface area contributed by atoms with Gasteiger partial charge in [0.25, 0.3) is 11.1 Å². The molecule has 2 aromatic rings. The number of imide groups is 1. The van der Waals surface area contributed by atoms with Crippen LogP contribution in [0.5, 0.6) is 5.75 Å². The molecule has 0 unspecified atom stereocenters. The predicted molar refractivity (Wildman–Crippen MR) is 95.3 cm³/mol. The first-order valence-electron chi connectivity index (χ1n) is 7.59. The van der Waals surface area contributed by atoms with E-state index in [0.29, 0.717) is 4.91 Å². The number of ether oxygens (including phenoxy) is 1. The molecule has 24 heavy (non-hydrogen) atoms. The van der Waals surface area contributed by atoms with Crippen LogP contribution in [0.3, 0.4) is 0 Å². The summed E-state index contributed by atoms with van der Waals surface area (Å²) in [6.45, 7) is 3.67. The van der Waals surface area contributed by atoms with Crippen molar-refractivity contribution < 1.29 is 14.3 Å². The molecule has 3 rings (SSSR count). The summed E-state index contributed by atoms with van der Waals surface area (Å²) in [5.41, 5.74) is 1.87. The number of hydrogen-bond acceptors (Lipinski definition) is 4. The number of aromatic nitrogens is 1. The average Bonchev–Trinajstić information content (AvgIpc) is 3.13. The van der Waals surface area contributed by atoms with Crippen LogP contribution in [0.1, 0.15) is 19.4 Å². The van der Waals surface area contributed by atoms with E-state index in [1.54, 1.807) is 13.2 Å². The van der Waals surface area contributed by atoms with Crippen LogP contribution in [0.4, 0.5) is 4.79 Å². The van der Waals surface area contributed by atoms with Crippen molar-refractivity contribution in [1.29, 1.82) is 0 Å². The molecule has 6 heteroatoms. The zero-order valence-electron chi connectivity index (χ0n) is 13.7. The summed E-state index contributed by atoms with van der Waals surface area (Å²) in [5.74, 6) is 0.575. The lowest BCUT2D eigenvalue weighted by Crippen LogP contribution is -2.34. The van der Waals surface area contributed by atoms with Gasteiger partial charge in [0.05, 0.1) is 12.0 Å². The maximum Gasteiger partial charge on any atom is 0.293 e. The number of carbonyl (C=O) groups is 2. The Morgan fingerprint density at radius 2 is 1.83 bits per heavy atom. The summed E-state index contributed by atoms with van der Waals surface area (Å²) in [4.78, 5) is 26.0. The molecule has 0 bridgehead atoms. The number of thioether (sulfide) groups is 1. The van der Waals surface area contributed by atoms with Gasteiger partial charge in [-0.2, -0.15) is 0 Å². The van der Waals surface area contributed by atoms with Crippen LogP contribution in [0, 0.1) is 0 Å². The molecule has 2 amide bonds. The Morgan fingerprint density at radius 3 is 2.42 bits per heavy atom. The van der Waals surface area contributed by atoms with E-state index >= 15 is 0 Å². The molecule has 0 N–H and O–H groups in total. The van der Waals surface area contributed by atoms with E-state index in [1.807, 2.05) is 61.1 Å². The predicted octanol–water partition coefficient (Wildman–Crippen LogP) is 3.93. The van der Waals surface area contributed by atoms with Gasteiger partial charge in [-0.15, -0.1) is 0 Å². The van der Waals surface area contributed by atoms with Gasteiger partial charge in [-0.3, -0.25) is 14.5 Å². The minimum Gasteiger partial charge on any atom is -0.497 e. The molecule has 0 atom stereocenters. The van der Waals surface area contributed by atoms with Crippen LogP contribution in [-0.2, 0) is 4.79 Å². The highest BCUT2D eigenvalue weighted by Gasteiger charge is 2.36. The summed E-state index contributed by atoms with van der Waals surface area (Å²) < 4.78 is 7.11. The van der Waals surface area contributed by atoms with Crippen LogP contribution in [0.25, 0.3) is 11.8 Å². The summed E-state index contributed by atoms with van der Waals surface area (Å²) in [6, 6.07) is 9.47. The first-order chi connectivity index (χ1) is 11.5. The van der Waals surface area contributed by atoms with Gasteiger partial charge in [0.1, 0.15) is 5.75 Å². The van der Waals surface area contributed by atoms with E-state index in [-0.39, 0.29) is 17.2 Å². The van der Waals surface area contributed by atoms with Gasteiger partial charge in [0.15, 0.2) is 0 Å². The second-order valence-electron chi connectivity index (χ2n) is 5.70. The molecule has 1 aromatic carbocycles. The van der Waals surface area contributed by atoms with Crippen molar-refractivity contribution in [2.75, 3.05) is 7.11 Å². The highest BCUT2D eigenvalue weighted by atomic mass is 32.2. The summed E-state index contributed by atoms with van der Waals surface area (Å²) >= 11 is 0.988. The molecule has 0 radical (unpaired) electrons. The highest BCUT2D eigenvalue weighted by molar-refractivity contribution is 8.18. The maximum absolute atomic E-state index is 12.3. The van der Waals surface area contributed by atoms with E-state index in [2.05, 4.69) is 0 Å². The third-order valence-electron chi connectivity index (χ3n) is 3.72. The first-order valence-corrected chi connectivity index (χ1v) is 8.40. The van der Waals surface area contributed by atoms with Crippen LogP contribution in [0.2, 0.25) is 0 Å². The van der Waals surface area contributed by atoms with Crippen LogP contribution < -0.4 is 4.74 Å². The van der Waals surface area contributed by atoms with E-state index in [4.69, 9.17) is 4.74 Å². The molecule has 124 valence electrons. The Hall–Kier alpha value is -2.47. The van der Waals surface area contributed by atoms with Crippen LogP contribution in [-0.4, -0.2) is 33.8 Å². The lowest BCUT2D eigenvalue weighted by atomic mass is 10.2. The highest BCUT2D eigenvalue weighted by Crippen LogP contribution is 2.33. The van der Waals surface area contributed by atoms with Gasteiger partial charge < -0.3 is 9.30 Å². The van der Waals surface area contributed by atoms with Crippen molar-refractivity contribution in [3.63, 3.8) is 0 Å². The quantitative estimate of drug-likeness (QED) is 0.790. The molecular weight excluding hydrogens is 324 g/mol. The Bertz CT molecular complexity index is 806. The molecule has 0 saturated carbocycles. The minimum atomic E-state index is -0.225. The zero-order chi connectivity index (χ0) is 17.3. The lowest BCUT2D eigenvalue weighted by molar-refractivity contribution is -0.123. The molecule has 1 saturated heterocycles. The van der Waals surface area contributed by atoms with Gasteiger partial charge in [0, 0.05) is 24.1 Å². The molecule has 0 spiro atoms.